The largest absolute Gasteiger partial charge is 0.394 e. The first-order valence-electron chi connectivity index (χ1n) is 6.30. The van der Waals surface area contributed by atoms with E-state index in [1.807, 2.05) is 30.3 Å². The van der Waals surface area contributed by atoms with Crippen LogP contribution in [0, 0.1) is 11.8 Å². The highest BCUT2D eigenvalue weighted by atomic mass is 16.3. The summed E-state index contributed by atoms with van der Waals surface area (Å²) >= 11 is 0. The van der Waals surface area contributed by atoms with Gasteiger partial charge in [0.05, 0.1) is 12.6 Å². The van der Waals surface area contributed by atoms with Gasteiger partial charge in [0, 0.05) is 18.0 Å². The van der Waals surface area contributed by atoms with Crippen LogP contribution in [0.3, 0.4) is 0 Å². The number of likely N-dealkylation sites (tertiary alicyclic amines) is 1. The Hall–Kier alpha value is -1.79. The first-order chi connectivity index (χ1) is 8.81. The van der Waals surface area contributed by atoms with Gasteiger partial charge in [0.2, 0.25) is 0 Å². The maximum Gasteiger partial charge on any atom is 0.299 e. The summed E-state index contributed by atoms with van der Waals surface area (Å²) in [7, 11) is 0. The van der Waals surface area contributed by atoms with Crippen molar-refractivity contribution in [2.45, 2.75) is 25.3 Å². The van der Waals surface area contributed by atoms with Gasteiger partial charge in [-0.25, -0.2) is 0 Å². The Kier molecular flexibility index (Phi) is 4.38. The highest BCUT2D eigenvalue weighted by Crippen LogP contribution is 2.16. The molecule has 1 saturated heterocycles. The van der Waals surface area contributed by atoms with E-state index in [4.69, 9.17) is 0 Å². The molecule has 0 bridgehead atoms. The van der Waals surface area contributed by atoms with E-state index in [1.54, 1.807) is 4.90 Å². The third kappa shape index (κ3) is 3.12. The van der Waals surface area contributed by atoms with E-state index in [-0.39, 0.29) is 18.6 Å². The molecule has 0 aliphatic carbocycles. The normalized spacial score (nSPS) is 18.9. The van der Waals surface area contributed by atoms with Crippen LogP contribution in [0.5, 0.6) is 0 Å². The fourth-order valence-electron chi connectivity index (χ4n) is 2.18. The fraction of sp³-hybridized carbons (Fsp3) is 0.400. The Morgan fingerprint density at radius 1 is 1.33 bits per heavy atom. The molecule has 1 atom stereocenters. The topological polar surface area (TPSA) is 40.5 Å². The second-order valence-corrected chi connectivity index (χ2v) is 4.45. The molecule has 0 saturated carbocycles. The molecule has 0 radical (unpaired) electrons. The maximum atomic E-state index is 12.0. The highest BCUT2D eigenvalue weighted by molar-refractivity contribution is 5.94. The zero-order valence-corrected chi connectivity index (χ0v) is 10.3. The minimum Gasteiger partial charge on any atom is -0.394 e. The van der Waals surface area contributed by atoms with E-state index in [1.165, 1.54) is 0 Å². The van der Waals surface area contributed by atoms with Crippen molar-refractivity contribution in [3.63, 3.8) is 0 Å². The number of benzene rings is 1. The number of hydrogen-bond acceptors (Lipinski definition) is 2. The van der Waals surface area contributed by atoms with Crippen molar-refractivity contribution in [1.29, 1.82) is 0 Å². The minimum atomic E-state index is -0.183. The predicted molar refractivity (Wildman–Crippen MR) is 69.8 cm³/mol. The van der Waals surface area contributed by atoms with Gasteiger partial charge in [0.25, 0.3) is 5.91 Å². The molecule has 1 heterocycles. The summed E-state index contributed by atoms with van der Waals surface area (Å²) in [4.78, 5) is 13.7. The molecule has 2 rings (SSSR count). The van der Waals surface area contributed by atoms with Gasteiger partial charge in [0.1, 0.15) is 0 Å². The Balaban J connectivity index is 2.05. The molecule has 3 nitrogen and oxygen atoms in total. The Morgan fingerprint density at radius 3 is 2.83 bits per heavy atom. The first kappa shape index (κ1) is 12.7. The third-order valence-electron chi connectivity index (χ3n) is 3.19. The van der Waals surface area contributed by atoms with Crippen molar-refractivity contribution >= 4 is 5.91 Å². The number of rotatable bonds is 1. The van der Waals surface area contributed by atoms with Crippen LogP contribution < -0.4 is 0 Å². The molecule has 1 aromatic rings. The lowest BCUT2D eigenvalue weighted by Crippen LogP contribution is -2.45. The second-order valence-electron chi connectivity index (χ2n) is 4.45. The molecule has 1 aliphatic heterocycles. The van der Waals surface area contributed by atoms with Crippen LogP contribution in [-0.4, -0.2) is 35.1 Å². The summed E-state index contributed by atoms with van der Waals surface area (Å²) in [5, 5.41) is 9.25. The van der Waals surface area contributed by atoms with Gasteiger partial charge in [-0.1, -0.05) is 24.1 Å². The molecule has 0 aromatic heterocycles. The van der Waals surface area contributed by atoms with Crippen LogP contribution in [0.1, 0.15) is 24.8 Å². The van der Waals surface area contributed by atoms with Gasteiger partial charge in [-0.3, -0.25) is 4.79 Å². The van der Waals surface area contributed by atoms with Crippen LogP contribution >= 0.6 is 0 Å². The van der Waals surface area contributed by atoms with E-state index < -0.39 is 0 Å². The van der Waals surface area contributed by atoms with E-state index in [0.29, 0.717) is 6.54 Å². The lowest BCUT2D eigenvalue weighted by molar-refractivity contribution is -0.129. The molecular formula is C15H17NO2. The molecule has 0 spiro atoms. The van der Waals surface area contributed by atoms with Gasteiger partial charge in [-0.05, 0) is 31.4 Å². The van der Waals surface area contributed by atoms with Crippen molar-refractivity contribution in [2.75, 3.05) is 13.2 Å². The number of hydrogen-bond donors (Lipinski definition) is 1. The van der Waals surface area contributed by atoms with E-state index >= 15 is 0 Å². The highest BCUT2D eigenvalue weighted by Gasteiger charge is 2.24. The average molecular weight is 243 g/mol. The van der Waals surface area contributed by atoms with Crippen LogP contribution in [0.2, 0.25) is 0 Å². The quantitative estimate of drug-likeness (QED) is 0.758. The maximum absolute atomic E-state index is 12.0. The van der Waals surface area contributed by atoms with Gasteiger partial charge >= 0.3 is 0 Å². The lowest BCUT2D eigenvalue weighted by atomic mass is 10.0. The number of carbonyl (C=O) groups is 1. The average Bonchev–Trinajstić information content (AvgIpc) is 2.45. The Morgan fingerprint density at radius 2 is 2.11 bits per heavy atom. The number of amides is 1. The van der Waals surface area contributed by atoms with Crippen molar-refractivity contribution in [2.24, 2.45) is 0 Å². The summed E-state index contributed by atoms with van der Waals surface area (Å²) in [6, 6.07) is 9.40. The molecule has 1 fully saturated rings. The van der Waals surface area contributed by atoms with Gasteiger partial charge in [-0.2, -0.15) is 0 Å². The third-order valence-corrected chi connectivity index (χ3v) is 3.19. The van der Waals surface area contributed by atoms with Crippen molar-refractivity contribution < 1.29 is 9.90 Å². The first-order valence-corrected chi connectivity index (χ1v) is 6.30. The molecule has 3 heteroatoms. The predicted octanol–water partition coefficient (Wildman–Crippen LogP) is 1.41. The smallest absolute Gasteiger partial charge is 0.299 e. The molecule has 18 heavy (non-hydrogen) atoms. The standard InChI is InChI=1S/C15H17NO2/c17-12-14-8-4-5-11-16(14)15(18)10-9-13-6-2-1-3-7-13/h1-3,6-7,14,17H,4-5,8,11-12H2. The summed E-state index contributed by atoms with van der Waals surface area (Å²) < 4.78 is 0. The Bertz CT molecular complexity index is 458. The number of piperidine rings is 1. The SMILES string of the molecule is O=C(C#Cc1ccccc1)N1CCCCC1CO. The molecule has 1 N–H and O–H groups in total. The van der Waals surface area contributed by atoms with Crippen molar-refractivity contribution in [3.05, 3.63) is 35.9 Å². The minimum absolute atomic E-state index is 0.0265. The van der Waals surface area contributed by atoms with Crippen LogP contribution in [0.25, 0.3) is 0 Å². The lowest BCUT2D eigenvalue weighted by Gasteiger charge is -2.33. The molecule has 1 unspecified atom stereocenters. The molecule has 94 valence electrons. The Labute approximate surface area is 107 Å². The molecular weight excluding hydrogens is 226 g/mol. The van der Waals surface area contributed by atoms with E-state index in [9.17, 15) is 9.90 Å². The van der Waals surface area contributed by atoms with Gasteiger partial charge in [-0.15, -0.1) is 0 Å². The fourth-order valence-corrected chi connectivity index (χ4v) is 2.18. The zero-order valence-electron chi connectivity index (χ0n) is 10.3. The summed E-state index contributed by atoms with van der Waals surface area (Å²) in [6.45, 7) is 0.728. The van der Waals surface area contributed by atoms with E-state index in [0.717, 1.165) is 24.8 Å². The second kappa shape index (κ2) is 6.23. The number of carbonyl (C=O) groups excluding carboxylic acids is 1. The van der Waals surface area contributed by atoms with Crippen LogP contribution in [0.15, 0.2) is 30.3 Å². The molecule has 1 aromatic carbocycles. The molecule has 1 amide bonds. The van der Waals surface area contributed by atoms with Gasteiger partial charge in [0.15, 0.2) is 0 Å². The van der Waals surface area contributed by atoms with Crippen molar-refractivity contribution in [3.8, 4) is 11.8 Å². The number of aliphatic hydroxyl groups is 1. The number of nitrogens with zero attached hydrogens (tertiary/aromatic N) is 1. The zero-order chi connectivity index (χ0) is 12.8. The van der Waals surface area contributed by atoms with E-state index in [2.05, 4.69) is 11.8 Å². The summed E-state index contributed by atoms with van der Waals surface area (Å²) in [5.74, 6) is 5.34. The van der Waals surface area contributed by atoms with Crippen LogP contribution in [-0.2, 0) is 4.79 Å². The summed E-state index contributed by atoms with van der Waals surface area (Å²) in [5.41, 5.74) is 0.836. The van der Waals surface area contributed by atoms with Gasteiger partial charge < -0.3 is 10.0 Å². The molecule has 1 aliphatic rings. The van der Waals surface area contributed by atoms with Crippen LogP contribution in [0.4, 0.5) is 0 Å². The van der Waals surface area contributed by atoms with Crippen molar-refractivity contribution in [1.82, 2.24) is 4.90 Å². The summed E-state index contributed by atoms with van der Waals surface area (Å²) in [6.07, 6.45) is 2.94. The number of aliphatic hydroxyl groups excluding tert-OH is 1. The monoisotopic (exact) mass is 243 g/mol.